The van der Waals surface area contributed by atoms with Gasteiger partial charge in [-0.05, 0) is 6.07 Å². The van der Waals surface area contributed by atoms with Crippen molar-refractivity contribution in [1.29, 1.82) is 0 Å². The number of rotatable bonds is 1. The predicted octanol–water partition coefficient (Wildman–Crippen LogP) is 0.632. The maximum Gasteiger partial charge on any atom is 0.298 e. The van der Waals surface area contributed by atoms with E-state index in [1.807, 2.05) is 6.07 Å². The molecule has 0 unspecified atom stereocenters. The van der Waals surface area contributed by atoms with Crippen LogP contribution in [0.5, 0.6) is 0 Å². The molecule has 3 heterocycles. The first-order valence-corrected chi connectivity index (χ1v) is 5.10. The van der Waals surface area contributed by atoms with Gasteiger partial charge in [0.2, 0.25) is 0 Å². The Morgan fingerprint density at radius 1 is 1.33 bits per heavy atom. The molecule has 1 aliphatic rings. The van der Waals surface area contributed by atoms with Gasteiger partial charge in [0.1, 0.15) is 5.52 Å². The number of hydrogen-bond donors (Lipinski definition) is 1. The van der Waals surface area contributed by atoms with Crippen LogP contribution >= 0.6 is 0 Å². The van der Waals surface area contributed by atoms with Crippen molar-refractivity contribution < 1.29 is 4.42 Å². The SMILES string of the molecule is c1cc2nc(N3CCNCC3)oc2cn1. The van der Waals surface area contributed by atoms with Crippen molar-refractivity contribution in [2.45, 2.75) is 0 Å². The molecule has 3 rings (SSSR count). The molecule has 1 fully saturated rings. The van der Waals surface area contributed by atoms with Gasteiger partial charge in [0.15, 0.2) is 5.58 Å². The Morgan fingerprint density at radius 3 is 3.00 bits per heavy atom. The number of oxazole rings is 1. The van der Waals surface area contributed by atoms with Crippen LogP contribution in [0, 0.1) is 0 Å². The van der Waals surface area contributed by atoms with Crippen LogP contribution in [0.15, 0.2) is 22.9 Å². The predicted molar refractivity (Wildman–Crippen MR) is 56.9 cm³/mol. The molecule has 1 saturated heterocycles. The van der Waals surface area contributed by atoms with Gasteiger partial charge in [-0.2, -0.15) is 4.98 Å². The Hall–Kier alpha value is -1.62. The van der Waals surface area contributed by atoms with Crippen LogP contribution in [0.25, 0.3) is 11.1 Å². The zero-order chi connectivity index (χ0) is 10.1. The third-order valence-electron chi connectivity index (χ3n) is 2.57. The number of nitrogens with one attached hydrogen (secondary N) is 1. The van der Waals surface area contributed by atoms with E-state index >= 15 is 0 Å². The van der Waals surface area contributed by atoms with Crippen LogP contribution < -0.4 is 10.2 Å². The summed E-state index contributed by atoms with van der Waals surface area (Å²) in [4.78, 5) is 10.6. The summed E-state index contributed by atoms with van der Waals surface area (Å²) in [5.41, 5.74) is 1.63. The second-order valence-electron chi connectivity index (χ2n) is 3.58. The van der Waals surface area contributed by atoms with Crippen LogP contribution in [0.4, 0.5) is 6.01 Å². The van der Waals surface area contributed by atoms with Gasteiger partial charge < -0.3 is 14.6 Å². The van der Waals surface area contributed by atoms with Gasteiger partial charge in [-0.1, -0.05) is 0 Å². The molecule has 2 aromatic heterocycles. The number of piperazine rings is 1. The van der Waals surface area contributed by atoms with Gasteiger partial charge in [-0.3, -0.25) is 4.98 Å². The highest BCUT2D eigenvalue weighted by Crippen LogP contribution is 2.20. The summed E-state index contributed by atoms with van der Waals surface area (Å²) in [7, 11) is 0. The Labute approximate surface area is 87.1 Å². The lowest BCUT2D eigenvalue weighted by Gasteiger charge is -2.25. The smallest absolute Gasteiger partial charge is 0.298 e. The summed E-state index contributed by atoms with van der Waals surface area (Å²) < 4.78 is 5.63. The highest BCUT2D eigenvalue weighted by atomic mass is 16.4. The molecule has 0 aliphatic carbocycles. The molecule has 78 valence electrons. The first-order valence-electron chi connectivity index (χ1n) is 5.10. The lowest BCUT2D eigenvalue weighted by molar-refractivity contribution is 0.517. The third kappa shape index (κ3) is 1.55. The molecule has 0 atom stereocenters. The summed E-state index contributed by atoms with van der Waals surface area (Å²) in [6, 6.07) is 2.57. The standard InChI is InChI=1S/C10H12N4O/c1-2-12-7-9-8(1)13-10(15-9)14-5-3-11-4-6-14/h1-2,7,11H,3-6H2. The topological polar surface area (TPSA) is 54.2 Å². The molecule has 0 radical (unpaired) electrons. The molecule has 2 aromatic rings. The Morgan fingerprint density at radius 2 is 2.20 bits per heavy atom. The van der Waals surface area contributed by atoms with E-state index in [9.17, 15) is 0 Å². The zero-order valence-electron chi connectivity index (χ0n) is 8.31. The molecule has 1 aliphatic heterocycles. The van der Waals surface area contributed by atoms with Crippen molar-refractivity contribution in [3.05, 3.63) is 18.5 Å². The summed E-state index contributed by atoms with van der Waals surface area (Å²) in [6.45, 7) is 3.86. The number of hydrogen-bond acceptors (Lipinski definition) is 5. The van der Waals surface area contributed by atoms with Crippen LogP contribution in [0.1, 0.15) is 0 Å². The molecule has 5 heteroatoms. The van der Waals surface area contributed by atoms with Crippen molar-refractivity contribution >= 4 is 17.1 Å². The fourth-order valence-corrected chi connectivity index (χ4v) is 1.76. The molecule has 0 amide bonds. The van der Waals surface area contributed by atoms with E-state index in [-0.39, 0.29) is 0 Å². The molecular weight excluding hydrogens is 192 g/mol. The van der Waals surface area contributed by atoms with E-state index in [4.69, 9.17) is 4.42 Å². The van der Waals surface area contributed by atoms with E-state index in [2.05, 4.69) is 20.2 Å². The quantitative estimate of drug-likeness (QED) is 0.738. The van der Waals surface area contributed by atoms with Crippen molar-refractivity contribution in [3.8, 4) is 0 Å². The summed E-state index contributed by atoms with van der Waals surface area (Å²) in [6.07, 6.45) is 3.43. The minimum Gasteiger partial charge on any atom is -0.422 e. The Bertz CT molecular complexity index is 428. The molecule has 1 N–H and O–H groups in total. The second-order valence-corrected chi connectivity index (χ2v) is 3.58. The number of aromatic nitrogens is 2. The zero-order valence-corrected chi connectivity index (χ0v) is 8.31. The second kappa shape index (κ2) is 3.51. The lowest BCUT2D eigenvalue weighted by Crippen LogP contribution is -2.43. The van der Waals surface area contributed by atoms with Gasteiger partial charge >= 0.3 is 0 Å². The summed E-state index contributed by atoms with van der Waals surface area (Å²) in [5.74, 6) is 0. The Balaban J connectivity index is 1.96. The minimum absolute atomic E-state index is 0.708. The average molecular weight is 204 g/mol. The fourth-order valence-electron chi connectivity index (χ4n) is 1.76. The van der Waals surface area contributed by atoms with E-state index in [1.54, 1.807) is 12.4 Å². The van der Waals surface area contributed by atoms with Crippen molar-refractivity contribution in [1.82, 2.24) is 15.3 Å². The van der Waals surface area contributed by atoms with E-state index < -0.39 is 0 Å². The molecular formula is C10H12N4O. The van der Waals surface area contributed by atoms with E-state index in [0.29, 0.717) is 6.01 Å². The molecule has 0 aromatic carbocycles. The van der Waals surface area contributed by atoms with Gasteiger partial charge in [-0.15, -0.1) is 0 Å². The molecule has 5 nitrogen and oxygen atoms in total. The largest absolute Gasteiger partial charge is 0.422 e. The van der Waals surface area contributed by atoms with Gasteiger partial charge in [0.05, 0.1) is 6.20 Å². The maximum absolute atomic E-state index is 5.63. The van der Waals surface area contributed by atoms with Crippen LogP contribution in [-0.2, 0) is 0 Å². The van der Waals surface area contributed by atoms with E-state index in [1.165, 1.54) is 0 Å². The fraction of sp³-hybridized carbons (Fsp3) is 0.400. The van der Waals surface area contributed by atoms with Gasteiger partial charge in [0, 0.05) is 32.4 Å². The van der Waals surface area contributed by atoms with Crippen molar-refractivity contribution in [2.24, 2.45) is 0 Å². The van der Waals surface area contributed by atoms with Crippen molar-refractivity contribution in [3.63, 3.8) is 0 Å². The highest BCUT2D eigenvalue weighted by Gasteiger charge is 2.15. The number of pyridine rings is 1. The number of nitrogens with zero attached hydrogens (tertiary/aromatic N) is 3. The number of fused-ring (bicyclic) bond motifs is 1. The minimum atomic E-state index is 0.708. The first-order chi connectivity index (χ1) is 7.43. The normalized spacial score (nSPS) is 17.2. The van der Waals surface area contributed by atoms with Crippen LogP contribution in [0.2, 0.25) is 0 Å². The van der Waals surface area contributed by atoms with E-state index in [0.717, 1.165) is 37.3 Å². The van der Waals surface area contributed by atoms with Gasteiger partial charge in [-0.25, -0.2) is 0 Å². The third-order valence-corrected chi connectivity index (χ3v) is 2.57. The van der Waals surface area contributed by atoms with Crippen molar-refractivity contribution in [2.75, 3.05) is 31.1 Å². The van der Waals surface area contributed by atoms with Gasteiger partial charge in [0.25, 0.3) is 6.01 Å². The molecule has 0 bridgehead atoms. The molecule has 0 saturated carbocycles. The van der Waals surface area contributed by atoms with Crippen LogP contribution in [0.3, 0.4) is 0 Å². The Kier molecular flexibility index (Phi) is 2.03. The first kappa shape index (κ1) is 8.67. The summed E-state index contributed by atoms with van der Waals surface area (Å²) >= 11 is 0. The average Bonchev–Trinajstić information content (AvgIpc) is 2.74. The highest BCUT2D eigenvalue weighted by molar-refractivity contribution is 5.73. The van der Waals surface area contributed by atoms with Crippen LogP contribution in [-0.4, -0.2) is 36.1 Å². The monoisotopic (exact) mass is 204 g/mol. The number of anilines is 1. The molecule has 0 spiro atoms. The summed E-state index contributed by atoms with van der Waals surface area (Å²) in [5, 5.41) is 3.29. The molecule has 15 heavy (non-hydrogen) atoms. The lowest BCUT2D eigenvalue weighted by atomic mass is 10.4. The maximum atomic E-state index is 5.63.